The van der Waals surface area contributed by atoms with Gasteiger partial charge >= 0.3 is 6.03 Å². The normalized spacial score (nSPS) is 12.8. The quantitative estimate of drug-likeness (QED) is 0.451. The number of aliphatic imine (C=N–C) groups is 1. The van der Waals surface area contributed by atoms with Crippen LogP contribution in [-0.4, -0.2) is 23.4 Å². The van der Waals surface area contributed by atoms with Crippen molar-refractivity contribution in [1.82, 2.24) is 4.90 Å². The summed E-state index contributed by atoms with van der Waals surface area (Å²) in [6.45, 7) is -0.00827. The largest absolute Gasteiger partial charge is 0.370 e. The molecular formula is C18H18F4N4O. The molecule has 0 aliphatic carbocycles. The first kappa shape index (κ1) is 20.2. The van der Waals surface area contributed by atoms with Gasteiger partial charge in [0.15, 0.2) is 5.96 Å². The predicted molar refractivity (Wildman–Crippen MR) is 93.8 cm³/mol. The average Bonchev–Trinajstić information content (AvgIpc) is 2.55. The zero-order valence-corrected chi connectivity index (χ0v) is 13.4. The van der Waals surface area contributed by atoms with Crippen LogP contribution in [0.3, 0.4) is 0 Å². The molecule has 0 spiro atoms. The molecule has 2 aromatic carbocycles. The van der Waals surface area contributed by atoms with E-state index in [0.29, 0.717) is 12.1 Å². The number of halogens is 4. The Morgan fingerprint density at radius 2 is 1.63 bits per heavy atom. The molecule has 27 heavy (non-hydrogen) atoms. The van der Waals surface area contributed by atoms with Crippen molar-refractivity contribution in [2.75, 3.05) is 6.54 Å². The highest BCUT2D eigenvalue weighted by molar-refractivity contribution is 5.90. The summed E-state index contributed by atoms with van der Waals surface area (Å²) in [5.41, 5.74) is 10.4. The Morgan fingerprint density at radius 1 is 1.00 bits per heavy atom. The van der Waals surface area contributed by atoms with Gasteiger partial charge in [0, 0.05) is 25.2 Å². The van der Waals surface area contributed by atoms with Crippen LogP contribution in [0.15, 0.2) is 29.3 Å². The number of hydrogen-bond acceptors (Lipinski definition) is 1. The molecule has 0 saturated carbocycles. The van der Waals surface area contributed by atoms with Gasteiger partial charge in [0.2, 0.25) is 0 Å². The second-order valence-electron chi connectivity index (χ2n) is 5.79. The zero-order valence-electron chi connectivity index (χ0n) is 13.4. The summed E-state index contributed by atoms with van der Waals surface area (Å²) in [7, 11) is 0. The molecule has 0 radical (unpaired) electrons. The second kappa shape index (κ2) is 7.65. The number of nitrogens with zero attached hydrogens (tertiary/aromatic N) is 2. The molecule has 0 aromatic heterocycles. The standard InChI is InChI=1S/C17H14F4N4O.CH4/c18-8-5-13(20)15(14(21)6-8)10-1-2-12(19)9-3-4-25(7-11(9)10)17(26)24-16(22)23;/h1-2,5-6H,3-4,7H2,(H4,22,23,24,26);1H4. The summed E-state index contributed by atoms with van der Waals surface area (Å²) in [6, 6.07) is 2.62. The topological polar surface area (TPSA) is 84.7 Å². The van der Waals surface area contributed by atoms with Gasteiger partial charge < -0.3 is 16.4 Å². The van der Waals surface area contributed by atoms with Crippen molar-refractivity contribution in [2.45, 2.75) is 20.4 Å². The van der Waals surface area contributed by atoms with Gasteiger partial charge in [-0.15, -0.1) is 0 Å². The van der Waals surface area contributed by atoms with Crippen molar-refractivity contribution in [1.29, 1.82) is 0 Å². The molecule has 0 bridgehead atoms. The number of fused-ring (bicyclic) bond motifs is 1. The lowest BCUT2D eigenvalue weighted by atomic mass is 9.90. The van der Waals surface area contributed by atoms with Crippen LogP contribution in [-0.2, 0) is 13.0 Å². The summed E-state index contributed by atoms with van der Waals surface area (Å²) in [4.78, 5) is 16.7. The zero-order chi connectivity index (χ0) is 19.0. The summed E-state index contributed by atoms with van der Waals surface area (Å²) < 4.78 is 55.7. The van der Waals surface area contributed by atoms with Crippen molar-refractivity contribution < 1.29 is 22.4 Å². The van der Waals surface area contributed by atoms with Crippen LogP contribution in [0.5, 0.6) is 0 Å². The van der Waals surface area contributed by atoms with Gasteiger partial charge in [-0.25, -0.2) is 22.4 Å². The highest BCUT2D eigenvalue weighted by Gasteiger charge is 2.27. The molecule has 0 saturated heterocycles. The van der Waals surface area contributed by atoms with E-state index in [1.165, 1.54) is 11.0 Å². The Balaban J connectivity index is 0.00000261. The highest BCUT2D eigenvalue weighted by atomic mass is 19.1. The summed E-state index contributed by atoms with van der Waals surface area (Å²) in [5.74, 6) is -4.30. The lowest BCUT2D eigenvalue weighted by Crippen LogP contribution is -2.37. The Kier molecular flexibility index (Phi) is 5.72. The van der Waals surface area contributed by atoms with Gasteiger partial charge in [-0.1, -0.05) is 13.5 Å². The number of amides is 2. The fourth-order valence-corrected chi connectivity index (χ4v) is 3.01. The first-order valence-corrected chi connectivity index (χ1v) is 7.61. The Bertz CT molecular complexity index is 903. The summed E-state index contributed by atoms with van der Waals surface area (Å²) in [6.07, 6.45) is 0.116. The number of hydrogen-bond donors (Lipinski definition) is 2. The molecule has 144 valence electrons. The van der Waals surface area contributed by atoms with Gasteiger partial charge in [0.05, 0.1) is 5.56 Å². The summed E-state index contributed by atoms with van der Waals surface area (Å²) in [5, 5.41) is 0. The van der Waals surface area contributed by atoms with Crippen LogP contribution in [0.2, 0.25) is 0 Å². The molecule has 4 N–H and O–H groups in total. The van der Waals surface area contributed by atoms with Crippen molar-refractivity contribution >= 4 is 12.0 Å². The third kappa shape index (κ3) is 3.86. The maximum Gasteiger partial charge on any atom is 0.347 e. The first-order chi connectivity index (χ1) is 12.3. The van der Waals surface area contributed by atoms with Crippen molar-refractivity contribution in [2.24, 2.45) is 16.5 Å². The Morgan fingerprint density at radius 3 is 2.22 bits per heavy atom. The van der Waals surface area contributed by atoms with E-state index in [2.05, 4.69) is 4.99 Å². The molecule has 5 nitrogen and oxygen atoms in total. The van der Waals surface area contributed by atoms with Gasteiger partial charge in [-0.05, 0) is 29.2 Å². The Labute approximate surface area is 153 Å². The average molecular weight is 382 g/mol. The van der Waals surface area contributed by atoms with Crippen LogP contribution in [0.4, 0.5) is 22.4 Å². The highest BCUT2D eigenvalue weighted by Crippen LogP contribution is 2.35. The van der Waals surface area contributed by atoms with E-state index in [1.807, 2.05) is 0 Å². The molecular weight excluding hydrogens is 364 g/mol. The van der Waals surface area contributed by atoms with Crippen LogP contribution >= 0.6 is 0 Å². The third-order valence-electron chi connectivity index (χ3n) is 4.13. The number of rotatable bonds is 1. The molecule has 3 rings (SSSR count). The fourth-order valence-electron chi connectivity index (χ4n) is 3.01. The monoisotopic (exact) mass is 382 g/mol. The molecule has 0 fully saturated rings. The number of urea groups is 1. The summed E-state index contributed by atoms with van der Waals surface area (Å²) >= 11 is 0. The molecule has 1 aliphatic rings. The smallest absolute Gasteiger partial charge is 0.347 e. The molecule has 1 heterocycles. The Hall–Kier alpha value is -3.10. The SMILES string of the molecule is C.NC(N)=NC(=O)N1CCc2c(F)ccc(-c3c(F)cc(F)cc3F)c2C1. The van der Waals surface area contributed by atoms with Crippen LogP contribution in [0, 0.1) is 23.3 Å². The van der Waals surface area contributed by atoms with Crippen molar-refractivity contribution in [3.8, 4) is 11.1 Å². The van der Waals surface area contributed by atoms with E-state index in [0.717, 1.165) is 6.07 Å². The fraction of sp³-hybridized carbons (Fsp3) is 0.222. The van der Waals surface area contributed by atoms with E-state index in [9.17, 15) is 22.4 Å². The van der Waals surface area contributed by atoms with E-state index in [4.69, 9.17) is 11.5 Å². The van der Waals surface area contributed by atoms with E-state index >= 15 is 0 Å². The molecule has 0 unspecified atom stereocenters. The van der Waals surface area contributed by atoms with Crippen LogP contribution in [0.25, 0.3) is 11.1 Å². The minimum Gasteiger partial charge on any atom is -0.370 e. The van der Waals surface area contributed by atoms with E-state index in [-0.39, 0.29) is 43.6 Å². The van der Waals surface area contributed by atoms with Crippen LogP contribution in [0.1, 0.15) is 18.6 Å². The van der Waals surface area contributed by atoms with Crippen LogP contribution < -0.4 is 11.5 Å². The second-order valence-corrected chi connectivity index (χ2v) is 5.79. The lowest BCUT2D eigenvalue weighted by molar-refractivity contribution is 0.202. The van der Waals surface area contributed by atoms with Gasteiger partial charge in [0.25, 0.3) is 0 Å². The number of nitrogens with two attached hydrogens (primary N) is 2. The van der Waals surface area contributed by atoms with Gasteiger partial charge in [-0.2, -0.15) is 4.99 Å². The first-order valence-electron chi connectivity index (χ1n) is 7.61. The number of benzene rings is 2. The number of carbonyl (C=O) groups excluding carboxylic acids is 1. The van der Waals surface area contributed by atoms with E-state index < -0.39 is 40.8 Å². The molecule has 0 atom stereocenters. The maximum absolute atomic E-state index is 14.2. The lowest BCUT2D eigenvalue weighted by Gasteiger charge is -2.29. The predicted octanol–water partition coefficient (Wildman–Crippen LogP) is 3.30. The number of carbonyl (C=O) groups is 1. The maximum atomic E-state index is 14.2. The van der Waals surface area contributed by atoms with Gasteiger partial charge in [-0.3, -0.25) is 0 Å². The van der Waals surface area contributed by atoms with Crippen molar-refractivity contribution in [3.05, 3.63) is 58.7 Å². The van der Waals surface area contributed by atoms with Gasteiger partial charge in [0.1, 0.15) is 23.3 Å². The minimum atomic E-state index is -1.12. The van der Waals surface area contributed by atoms with E-state index in [1.54, 1.807) is 0 Å². The molecule has 2 amide bonds. The third-order valence-corrected chi connectivity index (χ3v) is 4.13. The van der Waals surface area contributed by atoms with Crippen molar-refractivity contribution in [3.63, 3.8) is 0 Å². The molecule has 2 aromatic rings. The molecule has 9 heteroatoms. The minimum absolute atomic E-state index is 0. The molecule has 1 aliphatic heterocycles. The number of guanidine groups is 1.